The maximum Gasteiger partial charge on any atom is 0.233 e. The van der Waals surface area contributed by atoms with Gasteiger partial charge >= 0.3 is 0 Å². The molecule has 0 bridgehead atoms. The van der Waals surface area contributed by atoms with Crippen LogP contribution in [0.25, 0.3) is 0 Å². The molecular formula is C31H33NO6. The van der Waals surface area contributed by atoms with Crippen molar-refractivity contribution in [1.29, 1.82) is 0 Å². The Kier molecular flexibility index (Phi) is 6.12. The van der Waals surface area contributed by atoms with Crippen molar-refractivity contribution >= 4 is 23.4 Å². The number of fused-ring (bicyclic) bond motifs is 3. The molecule has 1 saturated carbocycles. The fourth-order valence-electron chi connectivity index (χ4n) is 7.51. The minimum absolute atomic E-state index is 0.0537. The van der Waals surface area contributed by atoms with Gasteiger partial charge < -0.3 is 9.84 Å². The van der Waals surface area contributed by atoms with E-state index in [0.29, 0.717) is 41.1 Å². The maximum absolute atomic E-state index is 14.0. The number of amides is 2. The smallest absolute Gasteiger partial charge is 0.233 e. The highest BCUT2D eigenvalue weighted by Crippen LogP contribution is 2.57. The Morgan fingerprint density at radius 1 is 1.03 bits per heavy atom. The van der Waals surface area contributed by atoms with E-state index < -0.39 is 17.8 Å². The Hall–Kier alpha value is -3.48. The van der Waals surface area contributed by atoms with Gasteiger partial charge in [0, 0.05) is 34.2 Å². The normalized spacial score (nSPS) is 29.6. The van der Waals surface area contributed by atoms with Gasteiger partial charge in [-0.3, -0.25) is 24.1 Å². The number of allylic oxidation sites excluding steroid dienone is 6. The van der Waals surface area contributed by atoms with Gasteiger partial charge in [0.1, 0.15) is 0 Å². The van der Waals surface area contributed by atoms with Crippen LogP contribution in [0, 0.1) is 17.8 Å². The lowest BCUT2D eigenvalue weighted by Crippen LogP contribution is -2.43. The molecule has 38 heavy (non-hydrogen) atoms. The lowest BCUT2D eigenvalue weighted by molar-refractivity contribution is -0.143. The minimum Gasteiger partial charge on any atom is -0.504 e. The van der Waals surface area contributed by atoms with Crippen LogP contribution in [0.3, 0.4) is 0 Å². The van der Waals surface area contributed by atoms with Crippen molar-refractivity contribution < 1.29 is 29.0 Å². The number of phenolic OH excluding ortho intramolecular Hbond substituents is 1. The second kappa shape index (κ2) is 9.37. The number of likely N-dealkylation sites (tertiary alicyclic amines) is 1. The van der Waals surface area contributed by atoms with E-state index >= 15 is 0 Å². The van der Waals surface area contributed by atoms with E-state index in [9.17, 15) is 24.3 Å². The summed E-state index contributed by atoms with van der Waals surface area (Å²) in [6.45, 7) is 3.82. The number of aromatic hydroxyl groups is 1. The highest BCUT2D eigenvalue weighted by atomic mass is 16.5. The number of ketones is 2. The topological polar surface area (TPSA) is 101 Å². The molecule has 0 radical (unpaired) electrons. The minimum atomic E-state index is -0.683. The number of para-hydroxylation sites is 1. The van der Waals surface area contributed by atoms with Gasteiger partial charge in [-0.25, -0.2) is 0 Å². The zero-order chi connectivity index (χ0) is 26.7. The number of imide groups is 1. The molecule has 7 heteroatoms. The summed E-state index contributed by atoms with van der Waals surface area (Å²) in [5.74, 6) is -2.53. The maximum atomic E-state index is 14.0. The molecule has 5 aliphatic rings. The zero-order valence-electron chi connectivity index (χ0n) is 21.9. The number of hydrogen-bond acceptors (Lipinski definition) is 6. The predicted molar refractivity (Wildman–Crippen MR) is 139 cm³/mol. The van der Waals surface area contributed by atoms with Crippen LogP contribution in [-0.4, -0.2) is 46.0 Å². The van der Waals surface area contributed by atoms with Gasteiger partial charge in [0.25, 0.3) is 0 Å². The van der Waals surface area contributed by atoms with Crippen molar-refractivity contribution in [2.24, 2.45) is 17.8 Å². The highest BCUT2D eigenvalue weighted by molar-refractivity contribution is 6.23. The number of ether oxygens (including phenoxy) is 1. The highest BCUT2D eigenvalue weighted by Gasteiger charge is 2.57. The van der Waals surface area contributed by atoms with E-state index in [2.05, 4.69) is 0 Å². The van der Waals surface area contributed by atoms with Gasteiger partial charge in [-0.2, -0.15) is 0 Å². The van der Waals surface area contributed by atoms with Crippen molar-refractivity contribution in [1.82, 2.24) is 4.90 Å². The van der Waals surface area contributed by atoms with Crippen LogP contribution >= 0.6 is 0 Å². The first-order valence-corrected chi connectivity index (χ1v) is 13.8. The fourth-order valence-corrected chi connectivity index (χ4v) is 7.51. The molecule has 4 aliphatic carbocycles. The summed E-state index contributed by atoms with van der Waals surface area (Å²) >= 11 is 0. The Labute approximate surface area is 222 Å². The third-order valence-corrected chi connectivity index (χ3v) is 9.18. The number of carbonyl (C=O) groups is 4. The van der Waals surface area contributed by atoms with E-state index in [1.165, 1.54) is 11.0 Å². The van der Waals surface area contributed by atoms with E-state index in [-0.39, 0.29) is 47.5 Å². The second-order valence-corrected chi connectivity index (χ2v) is 11.2. The molecule has 2 fully saturated rings. The van der Waals surface area contributed by atoms with Crippen LogP contribution in [0.1, 0.15) is 70.3 Å². The van der Waals surface area contributed by atoms with Gasteiger partial charge in [-0.1, -0.05) is 43.0 Å². The first-order chi connectivity index (χ1) is 18.3. The summed E-state index contributed by atoms with van der Waals surface area (Å²) in [4.78, 5) is 55.9. The van der Waals surface area contributed by atoms with E-state index in [4.69, 9.17) is 4.74 Å². The molecule has 6 rings (SSSR count). The molecule has 0 unspecified atom stereocenters. The lowest BCUT2D eigenvalue weighted by atomic mass is 9.59. The number of phenols is 1. The van der Waals surface area contributed by atoms with Gasteiger partial charge in [0.2, 0.25) is 11.8 Å². The third kappa shape index (κ3) is 3.62. The van der Waals surface area contributed by atoms with Crippen LogP contribution in [0.4, 0.5) is 0 Å². The number of Topliss-reactive ketones (excluding diaryl/α,β-unsaturated/α-hetero) is 1. The van der Waals surface area contributed by atoms with Crippen molar-refractivity contribution in [3.05, 3.63) is 58.2 Å². The molecule has 1 aliphatic heterocycles. The largest absolute Gasteiger partial charge is 0.504 e. The lowest BCUT2D eigenvalue weighted by Gasteiger charge is -2.42. The molecule has 1 N–H and O–H groups in total. The quantitative estimate of drug-likeness (QED) is 0.359. The monoisotopic (exact) mass is 515 g/mol. The molecule has 0 spiro atoms. The van der Waals surface area contributed by atoms with Crippen LogP contribution < -0.4 is 4.74 Å². The van der Waals surface area contributed by atoms with E-state index in [0.717, 1.165) is 37.7 Å². The predicted octanol–water partition coefficient (Wildman–Crippen LogP) is 4.55. The van der Waals surface area contributed by atoms with E-state index in [1.54, 1.807) is 25.1 Å². The van der Waals surface area contributed by atoms with Gasteiger partial charge in [0.15, 0.2) is 23.1 Å². The number of rotatable bonds is 4. The molecule has 1 saturated heterocycles. The average molecular weight is 516 g/mol. The van der Waals surface area contributed by atoms with Crippen LogP contribution in [-0.2, 0) is 19.2 Å². The number of nitrogens with zero attached hydrogens (tertiary/aromatic N) is 1. The molecule has 1 aromatic carbocycles. The summed E-state index contributed by atoms with van der Waals surface area (Å²) in [6.07, 6.45) is 8.86. The molecule has 2 amide bonds. The Morgan fingerprint density at radius 2 is 1.79 bits per heavy atom. The Balaban J connectivity index is 1.48. The summed E-state index contributed by atoms with van der Waals surface area (Å²) < 4.78 is 5.63. The zero-order valence-corrected chi connectivity index (χ0v) is 21.9. The van der Waals surface area contributed by atoms with Gasteiger partial charge in [0.05, 0.1) is 18.4 Å². The molecule has 4 atom stereocenters. The summed E-state index contributed by atoms with van der Waals surface area (Å²) in [5.41, 5.74) is 2.46. The van der Waals surface area contributed by atoms with E-state index in [1.807, 2.05) is 13.0 Å². The Morgan fingerprint density at radius 3 is 2.53 bits per heavy atom. The van der Waals surface area contributed by atoms with Crippen LogP contribution in [0.5, 0.6) is 11.5 Å². The summed E-state index contributed by atoms with van der Waals surface area (Å²) in [7, 11) is 0. The molecule has 198 valence electrons. The average Bonchev–Trinajstić information content (AvgIpc) is 3.18. The van der Waals surface area contributed by atoms with Crippen molar-refractivity contribution in [3.63, 3.8) is 0 Å². The Bertz CT molecular complexity index is 1340. The standard InChI is InChI=1S/C31H33NO6/c1-3-38-24-11-7-10-19(29(24)35)25-18-12-13-20-26(31(37)32(30(20)36)17-8-5-4-6-9-17)21(18)15-22-27(25)23(33)14-16(2)28(22)34/h7,10-12,14,17,20-21,25-26,35H,3-6,8-9,13,15H2,1-2H3/t20-,21+,25+,26-/m0/s1. The first kappa shape index (κ1) is 24.8. The second-order valence-electron chi connectivity index (χ2n) is 11.2. The summed E-state index contributed by atoms with van der Waals surface area (Å²) in [6, 6.07) is 5.13. The van der Waals surface area contributed by atoms with Crippen molar-refractivity contribution in [2.45, 2.75) is 70.8 Å². The fraction of sp³-hybridized carbons (Fsp3) is 0.484. The van der Waals surface area contributed by atoms with Gasteiger partial charge in [-0.15, -0.1) is 0 Å². The van der Waals surface area contributed by atoms with Crippen LogP contribution in [0.2, 0.25) is 0 Å². The van der Waals surface area contributed by atoms with Gasteiger partial charge in [-0.05, 0) is 57.6 Å². The molecule has 1 heterocycles. The van der Waals surface area contributed by atoms with Crippen molar-refractivity contribution in [2.75, 3.05) is 6.61 Å². The van der Waals surface area contributed by atoms with Crippen molar-refractivity contribution in [3.8, 4) is 11.5 Å². The molecule has 7 nitrogen and oxygen atoms in total. The third-order valence-electron chi connectivity index (χ3n) is 9.18. The van der Waals surface area contributed by atoms with Crippen LogP contribution in [0.15, 0.2) is 52.6 Å². The number of carbonyl (C=O) groups excluding carboxylic acids is 4. The molecule has 1 aromatic rings. The molecule has 0 aromatic heterocycles. The SMILES string of the molecule is CCOc1cccc([C@H]2C3=CC[C@@H]4C(=O)N(C5CCCCC5)C(=O)[C@@H]4[C@@H]3CC3=C2C(=O)C=C(C)C3=O)c1O. The number of hydrogen-bond donors (Lipinski definition) is 1. The molecular weight excluding hydrogens is 482 g/mol. The number of benzene rings is 1. The first-order valence-electron chi connectivity index (χ1n) is 13.8. The summed E-state index contributed by atoms with van der Waals surface area (Å²) in [5, 5.41) is 11.2.